The van der Waals surface area contributed by atoms with Gasteiger partial charge in [0.2, 0.25) is 0 Å². The fraction of sp³-hybridized carbons (Fsp3) is 0.444. The third-order valence-corrected chi connectivity index (χ3v) is 6.52. The molecule has 1 aliphatic rings. The van der Waals surface area contributed by atoms with Gasteiger partial charge in [0.25, 0.3) is 0 Å². The van der Waals surface area contributed by atoms with Crippen LogP contribution in [-0.4, -0.2) is 54.7 Å². The Hall–Kier alpha value is -2.63. The van der Waals surface area contributed by atoms with Crippen molar-refractivity contribution in [1.29, 1.82) is 0 Å². The normalized spacial score (nSPS) is 17.7. The molecule has 172 valence electrons. The van der Waals surface area contributed by atoms with Crippen LogP contribution in [-0.2, 0) is 6.54 Å². The average molecular weight is 437 g/mol. The Morgan fingerprint density at radius 1 is 1.22 bits per heavy atom. The fourth-order valence-corrected chi connectivity index (χ4v) is 4.42. The average Bonchev–Trinajstić information content (AvgIpc) is 2.79. The number of aromatic carboxylic acids is 1. The van der Waals surface area contributed by atoms with Gasteiger partial charge in [-0.3, -0.25) is 4.90 Å². The summed E-state index contributed by atoms with van der Waals surface area (Å²) in [6.07, 6.45) is 6.70. The minimum Gasteiger partial charge on any atom is -0.496 e. The van der Waals surface area contributed by atoms with Crippen molar-refractivity contribution < 1.29 is 14.6 Å². The first-order chi connectivity index (χ1) is 15.3. The van der Waals surface area contributed by atoms with Gasteiger partial charge in [0.15, 0.2) is 0 Å². The molecule has 0 aromatic heterocycles. The van der Waals surface area contributed by atoms with Crippen molar-refractivity contribution in [2.24, 2.45) is 0 Å². The van der Waals surface area contributed by atoms with E-state index in [1.165, 1.54) is 22.3 Å². The lowest BCUT2D eigenvalue weighted by atomic mass is 9.94. The molecular formula is C27H36N2O3. The highest BCUT2D eigenvalue weighted by molar-refractivity contribution is 5.87. The third-order valence-electron chi connectivity index (χ3n) is 6.52. The van der Waals surface area contributed by atoms with Gasteiger partial charge in [-0.05, 0) is 67.8 Å². The van der Waals surface area contributed by atoms with Crippen LogP contribution >= 0.6 is 0 Å². The molecule has 5 heteroatoms. The number of carbonyl (C=O) groups is 1. The van der Waals surface area contributed by atoms with Gasteiger partial charge in [0.1, 0.15) is 5.75 Å². The molecule has 1 N–H and O–H groups in total. The quantitative estimate of drug-likeness (QED) is 0.608. The van der Waals surface area contributed by atoms with E-state index < -0.39 is 5.97 Å². The lowest BCUT2D eigenvalue weighted by Gasteiger charge is -2.41. The minimum absolute atomic E-state index is 0.190. The number of carboxylic acid groups (broad SMARTS) is 1. The number of piperazine rings is 1. The monoisotopic (exact) mass is 436 g/mol. The molecule has 1 atom stereocenters. The molecule has 1 heterocycles. The van der Waals surface area contributed by atoms with E-state index in [9.17, 15) is 9.90 Å². The second-order valence-corrected chi connectivity index (χ2v) is 8.78. The van der Waals surface area contributed by atoms with E-state index in [1.807, 2.05) is 12.1 Å². The van der Waals surface area contributed by atoms with Gasteiger partial charge in [-0.15, -0.1) is 0 Å². The zero-order valence-electron chi connectivity index (χ0n) is 20.0. The topological polar surface area (TPSA) is 53.0 Å². The SMILES string of the molecule is CCC/C=C\c1c(C)c(C)cc(OC)c1CN1CCN(C)CC1c1ccc(C(=O)O)cc1. The van der Waals surface area contributed by atoms with Crippen LogP contribution < -0.4 is 4.74 Å². The number of rotatable bonds is 8. The number of allylic oxidation sites excluding steroid dienone is 1. The highest BCUT2D eigenvalue weighted by Crippen LogP contribution is 2.34. The Balaban J connectivity index is 1.99. The molecule has 2 aromatic carbocycles. The Morgan fingerprint density at radius 2 is 1.94 bits per heavy atom. The molecule has 1 fully saturated rings. The standard InChI is InChI=1S/C27H36N2O3/c1-6-7-8-9-23-20(3)19(2)16-26(32-5)24(23)17-29-15-14-28(4)18-25(29)21-10-12-22(13-11-21)27(30)31/h8-13,16,25H,6-7,14-15,17-18H2,1-5H3,(H,30,31)/b9-8-. The molecule has 1 unspecified atom stereocenters. The van der Waals surface area contributed by atoms with Crippen molar-refractivity contribution in [2.75, 3.05) is 33.8 Å². The number of unbranched alkanes of at least 4 members (excludes halogenated alkanes) is 1. The Kier molecular flexibility index (Phi) is 8.10. The molecule has 2 aromatic rings. The Bertz CT molecular complexity index is 966. The molecule has 5 nitrogen and oxygen atoms in total. The molecule has 0 radical (unpaired) electrons. The van der Waals surface area contributed by atoms with E-state index in [4.69, 9.17) is 4.74 Å². The number of carboxylic acids is 1. The summed E-state index contributed by atoms with van der Waals surface area (Å²) in [5, 5.41) is 9.26. The molecule has 3 rings (SSSR count). The summed E-state index contributed by atoms with van der Waals surface area (Å²) in [7, 11) is 3.89. The lowest BCUT2D eigenvalue weighted by Crippen LogP contribution is -2.46. The van der Waals surface area contributed by atoms with Crippen molar-refractivity contribution in [3.8, 4) is 5.75 Å². The number of ether oxygens (including phenoxy) is 1. The summed E-state index contributed by atoms with van der Waals surface area (Å²) in [6.45, 7) is 10.2. The van der Waals surface area contributed by atoms with Crippen molar-refractivity contribution in [1.82, 2.24) is 9.80 Å². The number of hydrogen-bond donors (Lipinski definition) is 1. The number of nitrogens with zero attached hydrogens (tertiary/aromatic N) is 2. The molecule has 0 bridgehead atoms. The van der Waals surface area contributed by atoms with Crippen LogP contribution in [0.4, 0.5) is 0 Å². The summed E-state index contributed by atoms with van der Waals surface area (Å²) < 4.78 is 5.84. The van der Waals surface area contributed by atoms with Gasteiger partial charge in [-0.1, -0.05) is 37.6 Å². The van der Waals surface area contributed by atoms with Gasteiger partial charge in [0, 0.05) is 37.8 Å². The predicted octanol–water partition coefficient (Wildman–Crippen LogP) is 5.31. The van der Waals surface area contributed by atoms with Crippen LogP contribution in [0.3, 0.4) is 0 Å². The molecular weight excluding hydrogens is 400 g/mol. The summed E-state index contributed by atoms with van der Waals surface area (Å²) in [6, 6.07) is 9.67. The van der Waals surface area contributed by atoms with E-state index in [2.05, 4.69) is 55.8 Å². The maximum absolute atomic E-state index is 11.3. The zero-order valence-corrected chi connectivity index (χ0v) is 20.0. The van der Waals surface area contributed by atoms with Crippen LogP contribution in [0.5, 0.6) is 5.75 Å². The van der Waals surface area contributed by atoms with Gasteiger partial charge in [-0.25, -0.2) is 4.79 Å². The highest BCUT2D eigenvalue weighted by atomic mass is 16.5. The van der Waals surface area contributed by atoms with E-state index in [0.29, 0.717) is 5.56 Å². The van der Waals surface area contributed by atoms with Crippen LogP contribution in [0.25, 0.3) is 6.08 Å². The number of likely N-dealkylation sites (N-methyl/N-ethyl adjacent to an activating group) is 1. The summed E-state index contributed by atoms with van der Waals surface area (Å²) in [5.41, 5.74) is 6.48. The maximum atomic E-state index is 11.3. The molecule has 0 amide bonds. The number of methoxy groups -OCH3 is 1. The fourth-order valence-electron chi connectivity index (χ4n) is 4.42. The third kappa shape index (κ3) is 5.40. The number of benzene rings is 2. The van der Waals surface area contributed by atoms with Crippen molar-refractivity contribution in [3.63, 3.8) is 0 Å². The largest absolute Gasteiger partial charge is 0.496 e. The van der Waals surface area contributed by atoms with Crippen molar-refractivity contribution >= 4 is 12.0 Å². The highest BCUT2D eigenvalue weighted by Gasteiger charge is 2.28. The first kappa shape index (κ1) is 24.0. The zero-order chi connectivity index (χ0) is 23.3. The van der Waals surface area contributed by atoms with E-state index >= 15 is 0 Å². The predicted molar refractivity (Wildman–Crippen MR) is 130 cm³/mol. The van der Waals surface area contributed by atoms with Crippen molar-refractivity contribution in [2.45, 2.75) is 46.2 Å². The molecule has 0 saturated carbocycles. The molecule has 0 aliphatic carbocycles. The van der Waals surface area contributed by atoms with Gasteiger partial charge < -0.3 is 14.7 Å². The van der Waals surface area contributed by atoms with Crippen LogP contribution in [0, 0.1) is 13.8 Å². The van der Waals surface area contributed by atoms with Crippen LogP contribution in [0.2, 0.25) is 0 Å². The van der Waals surface area contributed by atoms with E-state index in [1.54, 1.807) is 19.2 Å². The van der Waals surface area contributed by atoms with E-state index in [0.717, 1.165) is 50.3 Å². The summed E-state index contributed by atoms with van der Waals surface area (Å²) in [4.78, 5) is 16.1. The molecule has 1 aliphatic heterocycles. The Morgan fingerprint density at radius 3 is 2.56 bits per heavy atom. The van der Waals surface area contributed by atoms with Crippen molar-refractivity contribution in [3.05, 3.63) is 69.8 Å². The van der Waals surface area contributed by atoms with Gasteiger partial charge >= 0.3 is 5.97 Å². The summed E-state index contributed by atoms with van der Waals surface area (Å²) in [5.74, 6) is 0.0423. The Labute approximate surface area is 192 Å². The maximum Gasteiger partial charge on any atom is 0.335 e. The second-order valence-electron chi connectivity index (χ2n) is 8.78. The summed E-state index contributed by atoms with van der Waals surface area (Å²) >= 11 is 0. The van der Waals surface area contributed by atoms with E-state index in [-0.39, 0.29) is 6.04 Å². The van der Waals surface area contributed by atoms with Crippen LogP contribution in [0.15, 0.2) is 36.4 Å². The van der Waals surface area contributed by atoms with Crippen LogP contribution in [0.1, 0.15) is 64.0 Å². The molecule has 0 spiro atoms. The smallest absolute Gasteiger partial charge is 0.335 e. The minimum atomic E-state index is -0.891. The number of aryl methyl sites for hydroxylation is 1. The van der Waals surface area contributed by atoms with Gasteiger partial charge in [0.05, 0.1) is 12.7 Å². The first-order valence-electron chi connectivity index (χ1n) is 11.4. The second kappa shape index (κ2) is 10.8. The number of hydrogen-bond acceptors (Lipinski definition) is 4. The lowest BCUT2D eigenvalue weighted by molar-refractivity contribution is 0.0696. The first-order valence-corrected chi connectivity index (χ1v) is 11.4. The molecule has 32 heavy (non-hydrogen) atoms. The molecule has 1 saturated heterocycles. The van der Waals surface area contributed by atoms with Gasteiger partial charge in [-0.2, -0.15) is 0 Å².